The number of hydrogen-bond acceptors (Lipinski definition) is 4. The van der Waals surface area contributed by atoms with Gasteiger partial charge in [-0.3, -0.25) is 4.98 Å². The SMILES string of the molecule is N#Cc1cnc2ccccc2c1Oc1ccc(N)c(Cl)c1. The Bertz CT molecular complexity index is 871. The van der Waals surface area contributed by atoms with E-state index in [1.54, 1.807) is 18.2 Å². The van der Waals surface area contributed by atoms with Crippen molar-refractivity contribution in [3.05, 3.63) is 59.2 Å². The van der Waals surface area contributed by atoms with Gasteiger partial charge in [0.05, 0.1) is 16.2 Å². The third-order valence-corrected chi connectivity index (χ3v) is 3.37. The van der Waals surface area contributed by atoms with Gasteiger partial charge in [-0.05, 0) is 24.3 Å². The van der Waals surface area contributed by atoms with Gasteiger partial charge < -0.3 is 10.5 Å². The summed E-state index contributed by atoms with van der Waals surface area (Å²) in [6.45, 7) is 0. The van der Waals surface area contributed by atoms with Crippen molar-refractivity contribution in [2.75, 3.05) is 5.73 Å². The van der Waals surface area contributed by atoms with Gasteiger partial charge in [0.1, 0.15) is 17.4 Å². The molecule has 1 aromatic heterocycles. The summed E-state index contributed by atoms with van der Waals surface area (Å²) in [4.78, 5) is 4.24. The first-order valence-corrected chi connectivity index (χ1v) is 6.57. The number of fused-ring (bicyclic) bond motifs is 1. The van der Waals surface area contributed by atoms with E-state index in [0.29, 0.717) is 27.8 Å². The predicted molar refractivity (Wildman–Crippen MR) is 82.4 cm³/mol. The first-order chi connectivity index (χ1) is 10.2. The summed E-state index contributed by atoms with van der Waals surface area (Å²) in [7, 11) is 0. The maximum absolute atomic E-state index is 9.24. The van der Waals surface area contributed by atoms with Crippen molar-refractivity contribution in [3.63, 3.8) is 0 Å². The smallest absolute Gasteiger partial charge is 0.156 e. The fraction of sp³-hybridized carbons (Fsp3) is 0. The quantitative estimate of drug-likeness (QED) is 0.721. The zero-order valence-corrected chi connectivity index (χ0v) is 11.6. The molecule has 0 unspecified atom stereocenters. The van der Waals surface area contributed by atoms with Crippen molar-refractivity contribution in [2.24, 2.45) is 0 Å². The van der Waals surface area contributed by atoms with Crippen molar-refractivity contribution >= 4 is 28.2 Å². The highest BCUT2D eigenvalue weighted by Gasteiger charge is 2.11. The summed E-state index contributed by atoms with van der Waals surface area (Å²) in [5, 5.41) is 10.4. The van der Waals surface area contributed by atoms with E-state index in [0.717, 1.165) is 10.9 Å². The second kappa shape index (κ2) is 5.31. The molecule has 5 heteroatoms. The molecule has 0 aliphatic carbocycles. The topological polar surface area (TPSA) is 71.9 Å². The monoisotopic (exact) mass is 295 g/mol. The van der Waals surface area contributed by atoms with E-state index >= 15 is 0 Å². The predicted octanol–water partition coefficient (Wildman–Crippen LogP) is 4.13. The number of hydrogen-bond donors (Lipinski definition) is 1. The highest BCUT2D eigenvalue weighted by molar-refractivity contribution is 6.33. The Hall–Kier alpha value is -2.77. The van der Waals surface area contributed by atoms with Gasteiger partial charge in [0.15, 0.2) is 5.75 Å². The fourth-order valence-electron chi connectivity index (χ4n) is 1.99. The number of para-hydroxylation sites is 1. The van der Waals surface area contributed by atoms with Gasteiger partial charge in [0, 0.05) is 17.6 Å². The average Bonchev–Trinajstić information content (AvgIpc) is 2.51. The van der Waals surface area contributed by atoms with Gasteiger partial charge in [-0.1, -0.05) is 23.7 Å². The van der Waals surface area contributed by atoms with Crippen LogP contribution in [0, 0.1) is 11.3 Å². The number of rotatable bonds is 2. The lowest BCUT2D eigenvalue weighted by Gasteiger charge is -2.11. The molecule has 21 heavy (non-hydrogen) atoms. The fourth-order valence-corrected chi connectivity index (χ4v) is 2.17. The van der Waals surface area contributed by atoms with Crippen molar-refractivity contribution in [2.45, 2.75) is 0 Å². The first-order valence-electron chi connectivity index (χ1n) is 6.20. The van der Waals surface area contributed by atoms with Gasteiger partial charge in [-0.25, -0.2) is 0 Å². The van der Waals surface area contributed by atoms with Crippen LogP contribution in [0.5, 0.6) is 11.5 Å². The normalized spacial score (nSPS) is 10.3. The number of aromatic nitrogens is 1. The molecule has 0 spiro atoms. The van der Waals surface area contributed by atoms with E-state index in [2.05, 4.69) is 11.1 Å². The van der Waals surface area contributed by atoms with Gasteiger partial charge in [0.2, 0.25) is 0 Å². The Morgan fingerprint density at radius 1 is 1.19 bits per heavy atom. The number of pyridine rings is 1. The molecular weight excluding hydrogens is 286 g/mol. The largest absolute Gasteiger partial charge is 0.455 e. The van der Waals surface area contributed by atoms with Gasteiger partial charge in [-0.15, -0.1) is 0 Å². The van der Waals surface area contributed by atoms with E-state index in [1.807, 2.05) is 24.3 Å². The summed E-state index contributed by atoms with van der Waals surface area (Å²) < 4.78 is 5.85. The highest BCUT2D eigenvalue weighted by atomic mass is 35.5. The van der Waals surface area contributed by atoms with Crippen LogP contribution >= 0.6 is 11.6 Å². The van der Waals surface area contributed by atoms with Crippen LogP contribution in [0.3, 0.4) is 0 Å². The third kappa shape index (κ3) is 2.47. The lowest BCUT2D eigenvalue weighted by atomic mass is 10.1. The van der Waals surface area contributed by atoms with Crippen LogP contribution in [0.25, 0.3) is 10.9 Å². The number of ether oxygens (including phenoxy) is 1. The van der Waals surface area contributed by atoms with Crippen molar-refractivity contribution in [3.8, 4) is 17.6 Å². The maximum atomic E-state index is 9.24. The zero-order valence-electron chi connectivity index (χ0n) is 10.9. The molecule has 2 N–H and O–H groups in total. The highest BCUT2D eigenvalue weighted by Crippen LogP contribution is 2.34. The molecule has 0 fully saturated rings. The summed E-state index contributed by atoms with van der Waals surface area (Å²) in [6.07, 6.45) is 1.50. The number of benzene rings is 2. The zero-order chi connectivity index (χ0) is 14.8. The molecule has 0 aliphatic heterocycles. The molecule has 0 radical (unpaired) electrons. The molecule has 0 saturated heterocycles. The second-order valence-electron chi connectivity index (χ2n) is 4.42. The number of nitrogens with two attached hydrogens (primary N) is 1. The van der Waals surface area contributed by atoms with Crippen LogP contribution in [0.15, 0.2) is 48.7 Å². The van der Waals surface area contributed by atoms with Crippen LogP contribution in [0.4, 0.5) is 5.69 Å². The number of halogens is 1. The minimum absolute atomic E-state index is 0.363. The Kier molecular flexibility index (Phi) is 3.35. The molecule has 0 bridgehead atoms. The summed E-state index contributed by atoms with van der Waals surface area (Å²) in [5.74, 6) is 0.978. The Labute approximate surface area is 126 Å². The van der Waals surface area contributed by atoms with Crippen molar-refractivity contribution in [1.82, 2.24) is 4.98 Å². The van der Waals surface area contributed by atoms with E-state index < -0.39 is 0 Å². The van der Waals surface area contributed by atoms with E-state index in [1.165, 1.54) is 6.20 Å². The van der Waals surface area contributed by atoms with E-state index in [4.69, 9.17) is 22.1 Å². The molecule has 3 rings (SSSR count). The summed E-state index contributed by atoms with van der Waals surface area (Å²) in [6, 6.07) is 14.5. The molecule has 0 amide bonds. The van der Waals surface area contributed by atoms with E-state index in [9.17, 15) is 5.26 Å². The summed E-state index contributed by atoms with van der Waals surface area (Å²) >= 11 is 5.99. The van der Waals surface area contributed by atoms with Crippen LogP contribution in [-0.2, 0) is 0 Å². The molecule has 2 aromatic carbocycles. The standard InChI is InChI=1S/C16H10ClN3O/c17-13-7-11(5-6-14(13)19)21-16-10(8-18)9-20-15-4-2-1-3-12(15)16/h1-7,9H,19H2. The molecule has 0 atom stereocenters. The number of nitriles is 1. The van der Waals surface area contributed by atoms with Gasteiger partial charge in [-0.2, -0.15) is 5.26 Å². The van der Waals surface area contributed by atoms with Crippen LogP contribution in [0.2, 0.25) is 5.02 Å². The van der Waals surface area contributed by atoms with Crippen LogP contribution < -0.4 is 10.5 Å². The molecule has 4 nitrogen and oxygen atoms in total. The number of anilines is 1. The second-order valence-corrected chi connectivity index (χ2v) is 4.82. The number of nitrogen functional groups attached to an aromatic ring is 1. The lowest BCUT2D eigenvalue weighted by Crippen LogP contribution is -1.93. The number of nitrogens with zero attached hydrogens (tertiary/aromatic N) is 2. The Balaban J connectivity index is 2.14. The van der Waals surface area contributed by atoms with Crippen LogP contribution in [-0.4, -0.2) is 4.98 Å². The summed E-state index contributed by atoms with van der Waals surface area (Å²) in [5.41, 5.74) is 7.27. The van der Waals surface area contributed by atoms with E-state index in [-0.39, 0.29) is 0 Å². The Morgan fingerprint density at radius 2 is 2.00 bits per heavy atom. The minimum Gasteiger partial charge on any atom is -0.455 e. The van der Waals surface area contributed by atoms with Crippen molar-refractivity contribution in [1.29, 1.82) is 5.26 Å². The molecule has 102 valence electrons. The molecule has 1 heterocycles. The van der Waals surface area contributed by atoms with Gasteiger partial charge in [0.25, 0.3) is 0 Å². The first kappa shape index (κ1) is 13.2. The lowest BCUT2D eigenvalue weighted by molar-refractivity contribution is 0.486. The average molecular weight is 296 g/mol. The molecule has 3 aromatic rings. The Morgan fingerprint density at radius 3 is 2.76 bits per heavy atom. The minimum atomic E-state index is 0.363. The van der Waals surface area contributed by atoms with Crippen LogP contribution in [0.1, 0.15) is 5.56 Å². The molecular formula is C16H10ClN3O. The molecule has 0 saturated carbocycles. The third-order valence-electron chi connectivity index (χ3n) is 3.04. The maximum Gasteiger partial charge on any atom is 0.156 e. The van der Waals surface area contributed by atoms with Gasteiger partial charge >= 0.3 is 0 Å². The van der Waals surface area contributed by atoms with Crippen molar-refractivity contribution < 1.29 is 4.74 Å². The molecule has 0 aliphatic rings.